The van der Waals surface area contributed by atoms with Gasteiger partial charge in [-0.3, -0.25) is 4.79 Å². The highest BCUT2D eigenvalue weighted by molar-refractivity contribution is 5.90. The highest BCUT2D eigenvalue weighted by Crippen LogP contribution is 2.21. The van der Waals surface area contributed by atoms with Gasteiger partial charge in [0.1, 0.15) is 5.82 Å². The SMILES string of the molecule is CC(C)c1ccc(NC(=O)CCc2ncc(-c3ccc(F)cc3)o2)cc1. The summed E-state index contributed by atoms with van der Waals surface area (Å²) >= 11 is 0. The largest absolute Gasteiger partial charge is 0.441 e. The van der Waals surface area contributed by atoms with E-state index in [1.54, 1.807) is 18.3 Å². The predicted molar refractivity (Wildman–Crippen MR) is 99.4 cm³/mol. The van der Waals surface area contributed by atoms with Gasteiger partial charge < -0.3 is 9.73 Å². The molecule has 0 aliphatic heterocycles. The van der Waals surface area contributed by atoms with E-state index in [0.29, 0.717) is 24.0 Å². The maximum atomic E-state index is 13.0. The standard InChI is InChI=1S/C21H21FN2O2/c1-14(2)15-5-9-18(10-6-15)24-20(25)11-12-21-23-13-19(26-21)16-3-7-17(22)8-4-16/h3-10,13-14H,11-12H2,1-2H3,(H,24,25). The summed E-state index contributed by atoms with van der Waals surface area (Å²) in [7, 11) is 0. The summed E-state index contributed by atoms with van der Waals surface area (Å²) in [5.41, 5.74) is 2.76. The number of nitrogens with one attached hydrogen (secondary N) is 1. The first-order chi connectivity index (χ1) is 12.5. The second-order valence-corrected chi connectivity index (χ2v) is 6.45. The predicted octanol–water partition coefficient (Wildman–Crippen LogP) is 5.18. The van der Waals surface area contributed by atoms with Gasteiger partial charge in [-0.05, 0) is 47.9 Å². The second-order valence-electron chi connectivity index (χ2n) is 6.45. The molecule has 2 aromatic carbocycles. The van der Waals surface area contributed by atoms with Crippen LogP contribution in [0.1, 0.15) is 37.6 Å². The van der Waals surface area contributed by atoms with Crippen LogP contribution in [0.5, 0.6) is 0 Å². The smallest absolute Gasteiger partial charge is 0.224 e. The van der Waals surface area contributed by atoms with Crippen molar-refractivity contribution in [2.24, 2.45) is 0 Å². The minimum Gasteiger partial charge on any atom is -0.441 e. The minimum atomic E-state index is -0.299. The molecule has 0 atom stereocenters. The van der Waals surface area contributed by atoms with Crippen LogP contribution in [0.4, 0.5) is 10.1 Å². The van der Waals surface area contributed by atoms with Crippen LogP contribution in [0.15, 0.2) is 59.1 Å². The molecule has 0 saturated heterocycles. The number of halogens is 1. The Hall–Kier alpha value is -2.95. The van der Waals surface area contributed by atoms with Gasteiger partial charge in [-0.15, -0.1) is 0 Å². The number of carbonyl (C=O) groups is 1. The maximum absolute atomic E-state index is 13.0. The molecule has 0 unspecified atom stereocenters. The molecule has 0 bridgehead atoms. The number of oxazole rings is 1. The second kappa shape index (κ2) is 7.95. The lowest BCUT2D eigenvalue weighted by Gasteiger charge is -2.08. The summed E-state index contributed by atoms with van der Waals surface area (Å²) in [4.78, 5) is 16.3. The number of amides is 1. The first kappa shape index (κ1) is 17.9. The molecule has 3 rings (SSSR count). The van der Waals surface area contributed by atoms with E-state index in [0.717, 1.165) is 11.3 Å². The molecule has 1 N–H and O–H groups in total. The van der Waals surface area contributed by atoms with Crippen LogP contribution in [0.2, 0.25) is 0 Å². The van der Waals surface area contributed by atoms with Gasteiger partial charge in [-0.25, -0.2) is 9.37 Å². The molecule has 5 heteroatoms. The molecular weight excluding hydrogens is 331 g/mol. The summed E-state index contributed by atoms with van der Waals surface area (Å²) in [5.74, 6) is 1.11. The van der Waals surface area contributed by atoms with Gasteiger partial charge in [0.2, 0.25) is 5.91 Å². The Morgan fingerprint density at radius 3 is 2.46 bits per heavy atom. The number of hydrogen-bond donors (Lipinski definition) is 1. The van der Waals surface area contributed by atoms with Gasteiger partial charge in [0.05, 0.1) is 6.20 Å². The monoisotopic (exact) mass is 352 g/mol. The van der Waals surface area contributed by atoms with Crippen molar-refractivity contribution in [2.45, 2.75) is 32.6 Å². The van der Waals surface area contributed by atoms with E-state index in [1.165, 1.54) is 17.7 Å². The number of anilines is 1. The molecule has 26 heavy (non-hydrogen) atoms. The quantitative estimate of drug-likeness (QED) is 0.665. The fourth-order valence-corrected chi connectivity index (χ4v) is 2.57. The van der Waals surface area contributed by atoms with Crippen LogP contribution >= 0.6 is 0 Å². The van der Waals surface area contributed by atoms with Gasteiger partial charge in [-0.2, -0.15) is 0 Å². The third-order valence-corrected chi connectivity index (χ3v) is 4.11. The molecular formula is C21H21FN2O2. The third kappa shape index (κ3) is 4.57. The lowest BCUT2D eigenvalue weighted by Crippen LogP contribution is -2.12. The Morgan fingerprint density at radius 2 is 1.81 bits per heavy atom. The number of nitrogens with zero attached hydrogens (tertiary/aromatic N) is 1. The third-order valence-electron chi connectivity index (χ3n) is 4.11. The van der Waals surface area contributed by atoms with Gasteiger partial charge in [0.15, 0.2) is 11.7 Å². The highest BCUT2D eigenvalue weighted by atomic mass is 19.1. The zero-order chi connectivity index (χ0) is 18.5. The van der Waals surface area contributed by atoms with Gasteiger partial charge >= 0.3 is 0 Å². The Morgan fingerprint density at radius 1 is 1.12 bits per heavy atom. The lowest BCUT2D eigenvalue weighted by atomic mass is 10.0. The van der Waals surface area contributed by atoms with Crippen LogP contribution in [-0.4, -0.2) is 10.9 Å². The van der Waals surface area contributed by atoms with Crippen LogP contribution < -0.4 is 5.32 Å². The summed E-state index contributed by atoms with van der Waals surface area (Å²) in [6.45, 7) is 4.26. The molecule has 0 saturated carbocycles. The van der Waals surface area contributed by atoms with Crippen molar-refractivity contribution in [3.05, 3.63) is 72.0 Å². The number of aromatic nitrogens is 1. The van der Waals surface area contributed by atoms with Crippen LogP contribution in [-0.2, 0) is 11.2 Å². The Kier molecular flexibility index (Phi) is 5.46. The fraction of sp³-hybridized carbons (Fsp3) is 0.238. The van der Waals surface area contributed by atoms with E-state index in [9.17, 15) is 9.18 Å². The first-order valence-corrected chi connectivity index (χ1v) is 8.62. The van der Waals surface area contributed by atoms with Gasteiger partial charge in [0.25, 0.3) is 0 Å². The molecule has 1 amide bonds. The molecule has 0 aliphatic rings. The molecule has 1 heterocycles. The van der Waals surface area contributed by atoms with Gasteiger partial charge in [0, 0.05) is 24.1 Å². The van der Waals surface area contributed by atoms with Crippen LogP contribution in [0.3, 0.4) is 0 Å². The van der Waals surface area contributed by atoms with Crippen LogP contribution in [0.25, 0.3) is 11.3 Å². The molecule has 0 spiro atoms. The van der Waals surface area contributed by atoms with E-state index < -0.39 is 0 Å². The van der Waals surface area contributed by atoms with Crippen molar-refractivity contribution in [1.82, 2.24) is 4.98 Å². The number of hydrogen-bond acceptors (Lipinski definition) is 3. The van der Waals surface area contributed by atoms with Gasteiger partial charge in [-0.1, -0.05) is 26.0 Å². The van der Waals surface area contributed by atoms with E-state index in [-0.39, 0.29) is 18.1 Å². The van der Waals surface area contributed by atoms with Crippen molar-refractivity contribution in [1.29, 1.82) is 0 Å². The highest BCUT2D eigenvalue weighted by Gasteiger charge is 2.10. The maximum Gasteiger partial charge on any atom is 0.224 e. The molecule has 4 nitrogen and oxygen atoms in total. The summed E-state index contributed by atoms with van der Waals surface area (Å²) in [6.07, 6.45) is 2.26. The minimum absolute atomic E-state index is 0.0937. The van der Waals surface area contributed by atoms with Crippen molar-refractivity contribution >= 4 is 11.6 Å². The van der Waals surface area contributed by atoms with Crippen molar-refractivity contribution in [3.63, 3.8) is 0 Å². The van der Waals surface area contributed by atoms with E-state index in [4.69, 9.17) is 4.42 Å². The van der Waals surface area contributed by atoms with Crippen molar-refractivity contribution in [2.75, 3.05) is 5.32 Å². The topological polar surface area (TPSA) is 55.1 Å². The van der Waals surface area contributed by atoms with Crippen molar-refractivity contribution < 1.29 is 13.6 Å². The average molecular weight is 352 g/mol. The zero-order valence-electron chi connectivity index (χ0n) is 14.8. The first-order valence-electron chi connectivity index (χ1n) is 8.62. The molecule has 0 radical (unpaired) electrons. The number of rotatable bonds is 6. The molecule has 134 valence electrons. The number of aryl methyl sites for hydroxylation is 1. The average Bonchev–Trinajstić information content (AvgIpc) is 3.10. The van der Waals surface area contributed by atoms with Crippen molar-refractivity contribution in [3.8, 4) is 11.3 Å². The van der Waals surface area contributed by atoms with E-state index in [2.05, 4.69) is 24.1 Å². The summed E-state index contributed by atoms with van der Waals surface area (Å²) in [5, 5.41) is 2.87. The Labute approximate surface area is 152 Å². The normalized spacial score (nSPS) is 10.9. The molecule has 0 aliphatic carbocycles. The molecule has 1 aromatic heterocycles. The summed E-state index contributed by atoms with van der Waals surface area (Å²) < 4.78 is 18.6. The van der Waals surface area contributed by atoms with E-state index in [1.807, 2.05) is 24.3 Å². The summed E-state index contributed by atoms with van der Waals surface area (Å²) in [6, 6.07) is 13.9. The zero-order valence-corrected chi connectivity index (χ0v) is 14.8. The van der Waals surface area contributed by atoms with Crippen LogP contribution in [0, 0.1) is 5.82 Å². The fourth-order valence-electron chi connectivity index (χ4n) is 2.57. The number of carbonyl (C=O) groups excluding carboxylic acids is 1. The molecule has 0 fully saturated rings. The Balaban J connectivity index is 1.54. The Bertz CT molecular complexity index is 868. The molecule has 3 aromatic rings. The number of benzene rings is 2. The lowest BCUT2D eigenvalue weighted by molar-refractivity contribution is -0.116. The van der Waals surface area contributed by atoms with E-state index >= 15 is 0 Å².